The highest BCUT2D eigenvalue weighted by molar-refractivity contribution is 5.87. The fourth-order valence-corrected chi connectivity index (χ4v) is 2.77. The lowest BCUT2D eigenvalue weighted by molar-refractivity contribution is -0.139. The minimum atomic E-state index is -0.301. The van der Waals surface area contributed by atoms with Crippen LogP contribution in [-0.4, -0.2) is 29.8 Å². The quantitative estimate of drug-likeness (QED) is 0.721. The Morgan fingerprint density at radius 1 is 1.00 bits per heavy atom. The molecule has 1 aliphatic carbocycles. The molecule has 1 aliphatic heterocycles. The zero-order valence-electron chi connectivity index (χ0n) is 8.95. The van der Waals surface area contributed by atoms with Gasteiger partial charge in [0.25, 0.3) is 0 Å². The Bertz CT molecular complexity index is 272. The third-order valence-electron chi connectivity index (χ3n) is 3.62. The predicted octanol–water partition coefficient (Wildman–Crippen LogP) is 0.510. The molecule has 2 aliphatic rings. The minimum Gasteiger partial charge on any atom is -0.369 e. The molecular formula is C11H18N2O2. The smallest absolute Gasteiger partial charge is 0.226 e. The Kier molecular flexibility index (Phi) is 2.93. The Balaban J connectivity index is 2.02. The third-order valence-corrected chi connectivity index (χ3v) is 3.62. The normalized spacial score (nSPS) is 30.8. The zero-order chi connectivity index (χ0) is 10.8. The highest BCUT2D eigenvalue weighted by Crippen LogP contribution is 2.33. The van der Waals surface area contributed by atoms with E-state index in [-0.39, 0.29) is 23.7 Å². The summed E-state index contributed by atoms with van der Waals surface area (Å²) in [6.45, 7) is 1.72. The van der Waals surface area contributed by atoms with Crippen molar-refractivity contribution in [2.45, 2.75) is 32.1 Å². The summed E-state index contributed by atoms with van der Waals surface area (Å²) in [5.41, 5.74) is 5.31. The van der Waals surface area contributed by atoms with Gasteiger partial charge < -0.3 is 10.6 Å². The summed E-state index contributed by atoms with van der Waals surface area (Å²) in [6.07, 6.45) is 4.78. The van der Waals surface area contributed by atoms with Crippen LogP contribution >= 0.6 is 0 Å². The molecule has 4 heteroatoms. The maximum absolute atomic E-state index is 12.1. The highest BCUT2D eigenvalue weighted by Gasteiger charge is 2.38. The fourth-order valence-electron chi connectivity index (χ4n) is 2.77. The first-order valence-electron chi connectivity index (χ1n) is 5.78. The monoisotopic (exact) mass is 210 g/mol. The van der Waals surface area contributed by atoms with Crippen molar-refractivity contribution in [3.05, 3.63) is 0 Å². The number of carbonyl (C=O) groups excluding carboxylic acids is 2. The largest absolute Gasteiger partial charge is 0.369 e. The first-order chi connectivity index (χ1) is 7.20. The van der Waals surface area contributed by atoms with Crippen LogP contribution in [0.5, 0.6) is 0 Å². The summed E-state index contributed by atoms with van der Waals surface area (Å²) in [5, 5.41) is 0. The van der Waals surface area contributed by atoms with Crippen molar-refractivity contribution >= 4 is 11.8 Å². The van der Waals surface area contributed by atoms with Crippen molar-refractivity contribution in [2.24, 2.45) is 17.6 Å². The molecule has 2 amide bonds. The molecule has 2 N–H and O–H groups in total. The van der Waals surface area contributed by atoms with E-state index in [2.05, 4.69) is 0 Å². The van der Waals surface area contributed by atoms with Gasteiger partial charge in [-0.05, 0) is 25.7 Å². The molecule has 0 spiro atoms. The number of primary amides is 1. The molecular weight excluding hydrogens is 192 g/mol. The average molecular weight is 210 g/mol. The number of hydrogen-bond donors (Lipinski definition) is 1. The summed E-state index contributed by atoms with van der Waals surface area (Å²) in [6, 6.07) is 0. The zero-order valence-corrected chi connectivity index (χ0v) is 8.95. The van der Waals surface area contributed by atoms with Crippen LogP contribution in [0, 0.1) is 11.8 Å². The number of nitrogens with two attached hydrogens (primary N) is 1. The van der Waals surface area contributed by atoms with E-state index in [0.29, 0.717) is 0 Å². The van der Waals surface area contributed by atoms with E-state index in [1.807, 2.05) is 4.90 Å². The molecule has 2 rings (SSSR count). The molecule has 0 aromatic heterocycles. The highest BCUT2D eigenvalue weighted by atomic mass is 16.2. The fraction of sp³-hybridized carbons (Fsp3) is 0.818. The Labute approximate surface area is 89.8 Å². The van der Waals surface area contributed by atoms with Crippen LogP contribution in [0.4, 0.5) is 0 Å². The summed E-state index contributed by atoms with van der Waals surface area (Å²) in [5.74, 6) is -0.474. The second-order valence-electron chi connectivity index (χ2n) is 4.58. The van der Waals surface area contributed by atoms with Gasteiger partial charge in [-0.15, -0.1) is 0 Å². The standard InChI is InChI=1S/C11H18N2O2/c12-10(14)8-4-3-5-9(8)11(15)13-6-1-2-7-13/h8-9H,1-7H2,(H2,12,14)/t8-,9+/m1/s1. The number of rotatable bonds is 2. The van der Waals surface area contributed by atoms with Crippen molar-refractivity contribution in [1.82, 2.24) is 4.90 Å². The van der Waals surface area contributed by atoms with Gasteiger partial charge >= 0.3 is 0 Å². The number of likely N-dealkylation sites (tertiary alicyclic amines) is 1. The lowest BCUT2D eigenvalue weighted by atomic mass is 9.94. The summed E-state index contributed by atoms with van der Waals surface area (Å²) in [7, 11) is 0. The van der Waals surface area contributed by atoms with E-state index >= 15 is 0 Å². The van der Waals surface area contributed by atoms with Gasteiger partial charge in [0.2, 0.25) is 11.8 Å². The number of nitrogens with zero attached hydrogens (tertiary/aromatic N) is 1. The molecule has 15 heavy (non-hydrogen) atoms. The minimum absolute atomic E-state index is 0.124. The molecule has 0 aromatic carbocycles. The van der Waals surface area contributed by atoms with Crippen molar-refractivity contribution in [1.29, 1.82) is 0 Å². The van der Waals surface area contributed by atoms with Crippen molar-refractivity contribution in [3.63, 3.8) is 0 Å². The Hall–Kier alpha value is -1.06. The Morgan fingerprint density at radius 2 is 1.60 bits per heavy atom. The van der Waals surface area contributed by atoms with Gasteiger partial charge in [-0.1, -0.05) is 6.42 Å². The maximum Gasteiger partial charge on any atom is 0.226 e. The van der Waals surface area contributed by atoms with E-state index in [9.17, 15) is 9.59 Å². The SMILES string of the molecule is NC(=O)[C@@H]1CCC[C@@H]1C(=O)N1CCCC1. The van der Waals surface area contributed by atoms with E-state index in [4.69, 9.17) is 5.73 Å². The topological polar surface area (TPSA) is 63.4 Å². The Morgan fingerprint density at radius 3 is 2.20 bits per heavy atom. The first kappa shape index (κ1) is 10.5. The van der Waals surface area contributed by atoms with Gasteiger partial charge in [-0.3, -0.25) is 9.59 Å². The average Bonchev–Trinajstić information content (AvgIpc) is 2.88. The second kappa shape index (κ2) is 4.21. The van der Waals surface area contributed by atoms with Gasteiger partial charge in [-0.25, -0.2) is 0 Å². The second-order valence-corrected chi connectivity index (χ2v) is 4.58. The molecule has 1 saturated heterocycles. The number of amides is 2. The van der Waals surface area contributed by atoms with Gasteiger partial charge in [-0.2, -0.15) is 0 Å². The van der Waals surface area contributed by atoms with Crippen LogP contribution < -0.4 is 5.73 Å². The van der Waals surface area contributed by atoms with Crippen LogP contribution in [0.15, 0.2) is 0 Å². The molecule has 2 atom stereocenters. The van der Waals surface area contributed by atoms with Crippen LogP contribution in [0.2, 0.25) is 0 Å². The van der Waals surface area contributed by atoms with E-state index in [1.54, 1.807) is 0 Å². The van der Waals surface area contributed by atoms with E-state index in [1.165, 1.54) is 0 Å². The molecule has 2 fully saturated rings. The van der Waals surface area contributed by atoms with Crippen molar-refractivity contribution < 1.29 is 9.59 Å². The molecule has 4 nitrogen and oxygen atoms in total. The predicted molar refractivity (Wildman–Crippen MR) is 55.8 cm³/mol. The van der Waals surface area contributed by atoms with Crippen LogP contribution in [0.3, 0.4) is 0 Å². The summed E-state index contributed by atoms with van der Waals surface area (Å²) >= 11 is 0. The lowest BCUT2D eigenvalue weighted by Crippen LogP contribution is -2.39. The summed E-state index contributed by atoms with van der Waals surface area (Å²) < 4.78 is 0. The van der Waals surface area contributed by atoms with Crippen molar-refractivity contribution in [2.75, 3.05) is 13.1 Å². The molecule has 1 saturated carbocycles. The summed E-state index contributed by atoms with van der Waals surface area (Å²) in [4.78, 5) is 25.2. The lowest BCUT2D eigenvalue weighted by Gasteiger charge is -2.22. The van der Waals surface area contributed by atoms with Gasteiger partial charge in [0.15, 0.2) is 0 Å². The van der Waals surface area contributed by atoms with Crippen LogP contribution in [0.1, 0.15) is 32.1 Å². The van der Waals surface area contributed by atoms with Crippen LogP contribution in [-0.2, 0) is 9.59 Å². The first-order valence-corrected chi connectivity index (χ1v) is 5.78. The molecule has 1 heterocycles. The number of carbonyl (C=O) groups is 2. The third kappa shape index (κ3) is 1.98. The van der Waals surface area contributed by atoms with Gasteiger partial charge in [0, 0.05) is 24.9 Å². The number of hydrogen-bond acceptors (Lipinski definition) is 2. The molecule has 0 aromatic rings. The molecule has 0 bridgehead atoms. The van der Waals surface area contributed by atoms with Gasteiger partial charge in [0.05, 0.1) is 0 Å². The van der Waals surface area contributed by atoms with Crippen molar-refractivity contribution in [3.8, 4) is 0 Å². The van der Waals surface area contributed by atoms with Gasteiger partial charge in [0.1, 0.15) is 0 Å². The maximum atomic E-state index is 12.1. The molecule has 0 unspecified atom stereocenters. The molecule has 0 radical (unpaired) electrons. The molecule has 84 valence electrons. The van der Waals surface area contributed by atoms with E-state index in [0.717, 1.165) is 45.2 Å². The van der Waals surface area contributed by atoms with Crippen LogP contribution in [0.25, 0.3) is 0 Å². The van der Waals surface area contributed by atoms with E-state index < -0.39 is 0 Å².